The van der Waals surface area contributed by atoms with Crippen LogP contribution < -0.4 is 14.8 Å². The number of anilines is 1. The molecule has 0 atom stereocenters. The summed E-state index contributed by atoms with van der Waals surface area (Å²) in [6.45, 7) is 2.95. The number of rotatable bonds is 7. The SMILES string of the molecule is CCCNc1ncnc(Sc2ccc(OC)cc2)c1OC. The summed E-state index contributed by atoms with van der Waals surface area (Å²) in [5, 5.41) is 4.04. The lowest BCUT2D eigenvalue weighted by molar-refractivity contribution is 0.400. The van der Waals surface area contributed by atoms with E-state index in [0.29, 0.717) is 5.75 Å². The average Bonchev–Trinajstić information content (AvgIpc) is 2.53. The molecule has 1 heterocycles. The Morgan fingerprint density at radius 3 is 2.48 bits per heavy atom. The number of hydrogen-bond donors (Lipinski definition) is 1. The van der Waals surface area contributed by atoms with Crippen molar-refractivity contribution in [2.24, 2.45) is 0 Å². The molecule has 5 nitrogen and oxygen atoms in total. The topological polar surface area (TPSA) is 56.3 Å². The van der Waals surface area contributed by atoms with Crippen LogP contribution in [0.2, 0.25) is 0 Å². The van der Waals surface area contributed by atoms with Gasteiger partial charge in [0.1, 0.15) is 17.1 Å². The van der Waals surface area contributed by atoms with Gasteiger partial charge in [-0.1, -0.05) is 18.7 Å². The molecule has 0 aliphatic carbocycles. The lowest BCUT2D eigenvalue weighted by atomic mass is 10.3. The van der Waals surface area contributed by atoms with Crippen molar-refractivity contribution >= 4 is 17.6 Å². The number of nitrogens with one attached hydrogen (secondary N) is 1. The molecule has 0 fully saturated rings. The van der Waals surface area contributed by atoms with Crippen LogP contribution in [0.3, 0.4) is 0 Å². The Morgan fingerprint density at radius 1 is 1.10 bits per heavy atom. The molecule has 6 heteroatoms. The molecule has 21 heavy (non-hydrogen) atoms. The van der Waals surface area contributed by atoms with Crippen molar-refractivity contribution in [3.05, 3.63) is 30.6 Å². The zero-order valence-electron chi connectivity index (χ0n) is 12.4. The Hall–Kier alpha value is -1.95. The Balaban J connectivity index is 2.21. The van der Waals surface area contributed by atoms with Gasteiger partial charge in [0.15, 0.2) is 11.6 Å². The third kappa shape index (κ3) is 4.01. The van der Waals surface area contributed by atoms with E-state index in [0.717, 1.165) is 34.5 Å². The number of hydrogen-bond acceptors (Lipinski definition) is 6. The van der Waals surface area contributed by atoms with Crippen LogP contribution in [-0.2, 0) is 0 Å². The van der Waals surface area contributed by atoms with E-state index in [1.807, 2.05) is 24.3 Å². The summed E-state index contributed by atoms with van der Waals surface area (Å²) in [5.74, 6) is 2.23. The molecule has 0 saturated carbocycles. The fourth-order valence-electron chi connectivity index (χ4n) is 1.74. The van der Waals surface area contributed by atoms with Crippen LogP contribution in [0.4, 0.5) is 5.82 Å². The number of benzene rings is 1. The average molecular weight is 305 g/mol. The van der Waals surface area contributed by atoms with Gasteiger partial charge < -0.3 is 14.8 Å². The molecule has 0 unspecified atom stereocenters. The quantitative estimate of drug-likeness (QED) is 0.791. The summed E-state index contributed by atoms with van der Waals surface area (Å²) < 4.78 is 10.6. The molecule has 0 spiro atoms. The van der Waals surface area contributed by atoms with E-state index in [1.54, 1.807) is 20.5 Å². The lowest BCUT2D eigenvalue weighted by Crippen LogP contribution is -2.05. The minimum atomic E-state index is 0.673. The second kappa shape index (κ2) is 7.73. The maximum atomic E-state index is 5.46. The van der Waals surface area contributed by atoms with Crippen LogP contribution in [0, 0.1) is 0 Å². The van der Waals surface area contributed by atoms with Gasteiger partial charge in [-0.15, -0.1) is 0 Å². The standard InChI is InChI=1S/C15H19N3O2S/c1-4-9-16-14-13(20-3)15(18-10-17-14)21-12-7-5-11(19-2)6-8-12/h5-8,10H,4,9H2,1-3H3,(H,16,17,18). The van der Waals surface area contributed by atoms with E-state index in [2.05, 4.69) is 22.2 Å². The van der Waals surface area contributed by atoms with Crippen LogP contribution in [0.15, 0.2) is 40.5 Å². The van der Waals surface area contributed by atoms with Gasteiger partial charge in [-0.2, -0.15) is 0 Å². The molecule has 2 aromatic rings. The van der Waals surface area contributed by atoms with Crippen molar-refractivity contribution in [2.75, 3.05) is 26.1 Å². The molecule has 112 valence electrons. The molecule has 2 rings (SSSR count). The number of nitrogens with zero attached hydrogens (tertiary/aromatic N) is 2. The lowest BCUT2D eigenvalue weighted by Gasteiger charge is -2.12. The van der Waals surface area contributed by atoms with Crippen molar-refractivity contribution in [1.82, 2.24) is 9.97 Å². The first-order valence-electron chi connectivity index (χ1n) is 6.73. The smallest absolute Gasteiger partial charge is 0.194 e. The summed E-state index contributed by atoms with van der Waals surface area (Å²) in [7, 11) is 3.29. The van der Waals surface area contributed by atoms with E-state index < -0.39 is 0 Å². The van der Waals surface area contributed by atoms with Crippen LogP contribution in [0.5, 0.6) is 11.5 Å². The fraction of sp³-hybridized carbons (Fsp3) is 0.333. The maximum absolute atomic E-state index is 5.46. The second-order valence-corrected chi connectivity index (χ2v) is 5.33. The summed E-state index contributed by atoms with van der Waals surface area (Å²) in [6.07, 6.45) is 2.57. The first kappa shape index (κ1) is 15.4. The molecule has 1 aromatic carbocycles. The fourth-order valence-corrected chi connectivity index (χ4v) is 2.61. The number of aromatic nitrogens is 2. The molecular weight excluding hydrogens is 286 g/mol. The minimum Gasteiger partial charge on any atom is -0.497 e. The molecule has 0 radical (unpaired) electrons. The summed E-state index contributed by atoms with van der Waals surface area (Å²) >= 11 is 1.53. The van der Waals surface area contributed by atoms with Crippen molar-refractivity contribution < 1.29 is 9.47 Å². The van der Waals surface area contributed by atoms with Crippen molar-refractivity contribution in [3.63, 3.8) is 0 Å². The third-order valence-corrected chi connectivity index (χ3v) is 3.78. The van der Waals surface area contributed by atoms with E-state index >= 15 is 0 Å². The Bertz CT molecular complexity index is 576. The first-order valence-corrected chi connectivity index (χ1v) is 7.55. The monoisotopic (exact) mass is 305 g/mol. The zero-order chi connectivity index (χ0) is 15.1. The molecule has 1 aromatic heterocycles. The van der Waals surface area contributed by atoms with Crippen molar-refractivity contribution in [1.29, 1.82) is 0 Å². The van der Waals surface area contributed by atoms with Crippen LogP contribution in [-0.4, -0.2) is 30.7 Å². The van der Waals surface area contributed by atoms with Crippen LogP contribution in [0.25, 0.3) is 0 Å². The van der Waals surface area contributed by atoms with Crippen molar-refractivity contribution in [3.8, 4) is 11.5 Å². The molecule has 0 aliphatic heterocycles. The minimum absolute atomic E-state index is 0.673. The molecule has 0 aliphatic rings. The van der Waals surface area contributed by atoms with Gasteiger partial charge >= 0.3 is 0 Å². The highest BCUT2D eigenvalue weighted by Crippen LogP contribution is 2.37. The normalized spacial score (nSPS) is 10.2. The highest BCUT2D eigenvalue weighted by atomic mass is 32.2. The van der Waals surface area contributed by atoms with E-state index in [1.165, 1.54) is 11.8 Å². The second-order valence-electron chi connectivity index (χ2n) is 4.27. The predicted octanol–water partition coefficient (Wildman–Crippen LogP) is 3.47. The highest BCUT2D eigenvalue weighted by molar-refractivity contribution is 7.99. The van der Waals surface area contributed by atoms with E-state index in [4.69, 9.17) is 9.47 Å². The van der Waals surface area contributed by atoms with E-state index in [-0.39, 0.29) is 0 Å². The van der Waals surface area contributed by atoms with Gasteiger partial charge in [0.05, 0.1) is 14.2 Å². The van der Waals surface area contributed by atoms with Crippen LogP contribution in [0.1, 0.15) is 13.3 Å². The summed E-state index contributed by atoms with van der Waals surface area (Å²) in [4.78, 5) is 9.61. The van der Waals surface area contributed by atoms with Gasteiger partial charge in [0.2, 0.25) is 0 Å². The van der Waals surface area contributed by atoms with Gasteiger partial charge in [-0.05, 0) is 30.7 Å². The first-order chi connectivity index (χ1) is 10.3. The molecule has 0 bridgehead atoms. The van der Waals surface area contributed by atoms with Crippen molar-refractivity contribution in [2.45, 2.75) is 23.3 Å². The Kier molecular flexibility index (Phi) is 5.68. The molecular formula is C15H19N3O2S. The van der Waals surface area contributed by atoms with Gasteiger partial charge in [-0.25, -0.2) is 9.97 Å². The van der Waals surface area contributed by atoms with Gasteiger partial charge in [-0.3, -0.25) is 0 Å². The van der Waals surface area contributed by atoms with Crippen LogP contribution >= 0.6 is 11.8 Å². The van der Waals surface area contributed by atoms with Gasteiger partial charge in [0, 0.05) is 11.4 Å². The zero-order valence-corrected chi connectivity index (χ0v) is 13.2. The highest BCUT2D eigenvalue weighted by Gasteiger charge is 2.13. The van der Waals surface area contributed by atoms with Gasteiger partial charge in [0.25, 0.3) is 0 Å². The molecule has 1 N–H and O–H groups in total. The summed E-state index contributed by atoms with van der Waals surface area (Å²) in [5.41, 5.74) is 0. The third-order valence-electron chi connectivity index (χ3n) is 2.79. The van der Waals surface area contributed by atoms with E-state index in [9.17, 15) is 0 Å². The Morgan fingerprint density at radius 2 is 1.86 bits per heavy atom. The molecule has 0 saturated heterocycles. The largest absolute Gasteiger partial charge is 0.497 e. The molecule has 0 amide bonds. The number of methoxy groups -OCH3 is 2. The summed E-state index contributed by atoms with van der Waals surface area (Å²) in [6, 6.07) is 7.83. The maximum Gasteiger partial charge on any atom is 0.194 e. The Labute approximate surface area is 129 Å². The predicted molar refractivity (Wildman–Crippen MR) is 84.5 cm³/mol. The number of ether oxygens (including phenoxy) is 2.